The molecule has 6 aromatic rings. The van der Waals surface area contributed by atoms with E-state index in [4.69, 9.17) is 15.2 Å². The van der Waals surface area contributed by atoms with Gasteiger partial charge in [-0.05, 0) is 51.5 Å². The Hall–Kier alpha value is -6.02. The monoisotopic (exact) mass is 842 g/mol. The number of methoxy groups -OCH3 is 2. The van der Waals surface area contributed by atoms with Gasteiger partial charge in [-0.1, -0.05) is 143 Å². The second-order valence-electron chi connectivity index (χ2n) is 11.9. The quantitative estimate of drug-likeness (QED) is 0.0758. The lowest BCUT2D eigenvalue weighted by molar-refractivity contribution is -0.140. The molecule has 0 fully saturated rings. The first kappa shape index (κ1) is 45.4. The second kappa shape index (κ2) is 23.8. The van der Waals surface area contributed by atoms with Gasteiger partial charge in [-0.15, -0.1) is 0 Å². The summed E-state index contributed by atoms with van der Waals surface area (Å²) in [6.45, 7) is 0. The molecule has 0 unspecified atom stereocenters. The van der Waals surface area contributed by atoms with Crippen LogP contribution >= 0.6 is 15.9 Å². The van der Waals surface area contributed by atoms with Gasteiger partial charge in [-0.25, -0.2) is 13.2 Å². The van der Waals surface area contributed by atoms with Crippen molar-refractivity contribution in [3.05, 3.63) is 174 Å². The zero-order chi connectivity index (χ0) is 41.7. The Bertz CT molecular complexity index is 2190. The molecule has 0 atom stereocenters. The number of benzene rings is 6. The summed E-state index contributed by atoms with van der Waals surface area (Å²) < 4.78 is 50.2. The van der Waals surface area contributed by atoms with Gasteiger partial charge in [0.15, 0.2) is 0 Å². The van der Waals surface area contributed by atoms with E-state index in [1.54, 1.807) is 42.5 Å². The van der Waals surface area contributed by atoms with Gasteiger partial charge in [0.2, 0.25) is 0 Å². The summed E-state index contributed by atoms with van der Waals surface area (Å²) >= 11 is 2.90. The molecular weight excluding hydrogens is 804 g/mol. The fourth-order valence-electron chi connectivity index (χ4n) is 5.05. The van der Waals surface area contributed by atoms with Crippen molar-refractivity contribution in [2.45, 2.75) is 12.8 Å². The molecule has 0 spiro atoms. The Morgan fingerprint density at radius 3 is 1.21 bits per heavy atom. The summed E-state index contributed by atoms with van der Waals surface area (Å²) in [6, 6.07) is 41.0. The van der Waals surface area contributed by atoms with Crippen molar-refractivity contribution in [2.75, 3.05) is 19.5 Å². The Labute approximate surface area is 337 Å². The maximum atomic E-state index is 13.9. The number of carbonyl (C=O) groups is 3. The number of hydrogen-bond donors (Lipinski definition) is 3. The summed E-state index contributed by atoms with van der Waals surface area (Å²) in [7, 11) is 1.03. The largest absolute Gasteiger partial charge is 0.488 e. The molecule has 0 aromatic heterocycles. The number of alkyl halides is 1. The van der Waals surface area contributed by atoms with E-state index in [0.717, 1.165) is 22.8 Å². The summed E-state index contributed by atoms with van der Waals surface area (Å²) in [4.78, 5) is 31.5. The number of halogens is 4. The molecule has 0 amide bonds. The van der Waals surface area contributed by atoms with Gasteiger partial charge in [0.1, 0.15) is 22.8 Å². The van der Waals surface area contributed by atoms with E-state index in [1.807, 2.05) is 78.9 Å². The van der Waals surface area contributed by atoms with E-state index < -0.39 is 24.7 Å². The fraction of sp³-hybridized carbons (Fsp3) is 0.114. The van der Waals surface area contributed by atoms with E-state index in [-0.39, 0.29) is 41.4 Å². The van der Waals surface area contributed by atoms with E-state index in [2.05, 4.69) is 25.4 Å². The van der Waals surface area contributed by atoms with Crippen LogP contribution in [0.15, 0.2) is 146 Å². The Kier molecular flexibility index (Phi) is 18.9. The zero-order valence-corrected chi connectivity index (χ0v) is 32.5. The minimum absolute atomic E-state index is 0.0858. The van der Waals surface area contributed by atoms with Crippen molar-refractivity contribution in [1.29, 1.82) is 0 Å². The van der Waals surface area contributed by atoms with Crippen LogP contribution in [-0.4, -0.2) is 59.7 Å². The van der Waals surface area contributed by atoms with Crippen molar-refractivity contribution < 1.29 is 52.2 Å². The minimum Gasteiger partial charge on any atom is -0.481 e. The van der Waals surface area contributed by atoms with Gasteiger partial charge >= 0.3 is 25.0 Å². The number of rotatable bonds is 9. The standard InChI is InChI=1S/C15H13FO2.C14H11FO2.C12H10BFO2.C3H5BrO2/c1-18-15(17)10-11-7-8-13(14(16)9-11)12-5-3-2-4-6-12;15-13-8-10(9-14(16)17)6-7-12(13)11-4-2-1-3-5-11;14-12-8-10(13(15)16)6-7-11(12)9-4-2-1-3-5-9;1-6-3(5)2-4/h2-9H,10H2,1H3;1-8H,9H2,(H,16,17);1-8,15-16H;2H2,1H3. The highest BCUT2D eigenvalue weighted by Crippen LogP contribution is 2.25. The fourth-order valence-corrected chi connectivity index (χ4v) is 5.28. The van der Waals surface area contributed by atoms with Crippen molar-refractivity contribution in [3.8, 4) is 33.4 Å². The van der Waals surface area contributed by atoms with Gasteiger partial charge in [0.05, 0.1) is 27.1 Å². The first-order valence-electron chi connectivity index (χ1n) is 17.2. The molecule has 0 radical (unpaired) electrons. The van der Waals surface area contributed by atoms with Gasteiger partial charge in [0, 0.05) is 16.7 Å². The molecule has 0 saturated heterocycles. The SMILES string of the molecule is COC(=O)CBr.COC(=O)Cc1ccc(-c2ccccc2)c(F)c1.O=C(O)Cc1ccc(-c2ccccc2)c(F)c1.OB(O)c1ccc(-c2ccccc2)c(F)c1. The molecule has 13 heteroatoms. The van der Waals surface area contributed by atoms with Crippen LogP contribution in [0, 0.1) is 17.5 Å². The van der Waals surface area contributed by atoms with Gasteiger partial charge in [-0.3, -0.25) is 14.4 Å². The molecule has 0 aliphatic heterocycles. The molecule has 0 heterocycles. The number of aliphatic carboxylic acids is 1. The molecule has 0 aliphatic rings. The van der Waals surface area contributed by atoms with Crippen molar-refractivity contribution in [1.82, 2.24) is 0 Å². The number of ether oxygens (including phenoxy) is 2. The number of carboxylic acid groups (broad SMARTS) is 1. The molecule has 0 aliphatic carbocycles. The molecular formula is C44H39BBrF3O8. The summed E-state index contributed by atoms with van der Waals surface area (Å²) in [6.07, 6.45) is -0.0749. The normalized spacial score (nSPS) is 9.89. The maximum absolute atomic E-state index is 13.9. The van der Waals surface area contributed by atoms with Crippen LogP contribution in [0.5, 0.6) is 0 Å². The Morgan fingerprint density at radius 2 is 0.912 bits per heavy atom. The lowest BCUT2D eigenvalue weighted by atomic mass is 9.79. The number of carboxylic acids is 1. The second-order valence-corrected chi connectivity index (χ2v) is 12.4. The maximum Gasteiger partial charge on any atom is 0.488 e. The highest BCUT2D eigenvalue weighted by molar-refractivity contribution is 9.09. The minimum atomic E-state index is -1.64. The summed E-state index contributed by atoms with van der Waals surface area (Å²) in [5.74, 6) is -2.76. The number of hydrogen-bond acceptors (Lipinski definition) is 7. The smallest absolute Gasteiger partial charge is 0.481 e. The topological polar surface area (TPSA) is 130 Å². The van der Waals surface area contributed by atoms with Crippen LogP contribution in [0.25, 0.3) is 33.4 Å². The highest BCUT2D eigenvalue weighted by atomic mass is 79.9. The Balaban J connectivity index is 0.000000214. The molecule has 0 bridgehead atoms. The van der Waals surface area contributed by atoms with Crippen LogP contribution in [0.2, 0.25) is 0 Å². The average molecular weight is 843 g/mol. The summed E-state index contributed by atoms with van der Waals surface area (Å²) in [5, 5.41) is 26.7. The molecule has 6 aromatic carbocycles. The zero-order valence-electron chi connectivity index (χ0n) is 30.9. The molecule has 57 heavy (non-hydrogen) atoms. The van der Waals surface area contributed by atoms with E-state index in [9.17, 15) is 27.6 Å². The van der Waals surface area contributed by atoms with Crippen LogP contribution in [0.1, 0.15) is 11.1 Å². The van der Waals surface area contributed by atoms with Crippen molar-refractivity contribution in [2.24, 2.45) is 0 Å². The first-order valence-corrected chi connectivity index (χ1v) is 18.3. The van der Waals surface area contributed by atoms with Gasteiger partial charge in [0.25, 0.3) is 0 Å². The third kappa shape index (κ3) is 15.2. The third-order valence-electron chi connectivity index (χ3n) is 7.88. The third-order valence-corrected chi connectivity index (χ3v) is 8.34. The van der Waals surface area contributed by atoms with Crippen LogP contribution in [-0.2, 0) is 36.7 Å². The van der Waals surface area contributed by atoms with Crippen molar-refractivity contribution in [3.63, 3.8) is 0 Å². The lowest BCUT2D eigenvalue weighted by Gasteiger charge is -2.06. The molecule has 294 valence electrons. The Morgan fingerprint density at radius 1 is 0.544 bits per heavy atom. The molecule has 6 rings (SSSR count). The van der Waals surface area contributed by atoms with E-state index in [0.29, 0.717) is 27.8 Å². The van der Waals surface area contributed by atoms with Gasteiger partial charge < -0.3 is 24.6 Å². The predicted molar refractivity (Wildman–Crippen MR) is 218 cm³/mol. The summed E-state index contributed by atoms with van der Waals surface area (Å²) in [5.41, 5.74) is 5.06. The van der Waals surface area contributed by atoms with E-state index in [1.165, 1.54) is 32.4 Å². The molecule has 0 saturated carbocycles. The van der Waals surface area contributed by atoms with Crippen molar-refractivity contribution >= 4 is 46.4 Å². The van der Waals surface area contributed by atoms with Crippen LogP contribution in [0.4, 0.5) is 13.2 Å². The average Bonchev–Trinajstić information content (AvgIpc) is 3.22. The highest BCUT2D eigenvalue weighted by Gasteiger charge is 2.14. The lowest BCUT2D eigenvalue weighted by Crippen LogP contribution is -2.29. The molecule has 3 N–H and O–H groups in total. The number of carbonyl (C=O) groups excluding carboxylic acids is 2. The number of esters is 2. The molecule has 8 nitrogen and oxygen atoms in total. The van der Waals surface area contributed by atoms with Crippen LogP contribution < -0.4 is 5.46 Å². The van der Waals surface area contributed by atoms with Gasteiger partial charge in [-0.2, -0.15) is 0 Å². The van der Waals surface area contributed by atoms with E-state index >= 15 is 0 Å². The van der Waals surface area contributed by atoms with Crippen LogP contribution in [0.3, 0.4) is 0 Å². The first-order chi connectivity index (χ1) is 27.4. The predicted octanol–water partition coefficient (Wildman–Crippen LogP) is 8.05.